The van der Waals surface area contributed by atoms with Crippen LogP contribution in [0.3, 0.4) is 0 Å². The van der Waals surface area contributed by atoms with Crippen LogP contribution >= 0.6 is 11.8 Å². The molecule has 8 aromatic carbocycles. The highest BCUT2D eigenvalue weighted by molar-refractivity contribution is 8.08. The van der Waals surface area contributed by atoms with Gasteiger partial charge >= 0.3 is 0 Å². The first kappa shape index (κ1) is 34.2. The van der Waals surface area contributed by atoms with Crippen molar-refractivity contribution in [3.05, 3.63) is 235 Å². The van der Waals surface area contributed by atoms with E-state index in [-0.39, 0.29) is 0 Å². The number of allylic oxidation sites excluding steroid dienone is 1. The average molecular weight is 725 g/mol. The molecule has 1 aliphatic rings. The number of thioether (sulfide) groups is 1. The van der Waals surface area contributed by atoms with E-state index in [1.54, 1.807) is 0 Å². The fourth-order valence-electron chi connectivity index (χ4n) is 7.56. The Hall–Kier alpha value is -6.55. The molecule has 0 aromatic heterocycles. The Morgan fingerprint density at radius 2 is 0.927 bits per heavy atom. The highest BCUT2D eigenvalue weighted by atomic mass is 32.2. The fourth-order valence-corrected chi connectivity index (χ4v) is 8.77. The van der Waals surface area contributed by atoms with Crippen molar-refractivity contribution in [2.75, 3.05) is 9.80 Å². The van der Waals surface area contributed by atoms with Crippen molar-refractivity contribution in [1.29, 1.82) is 0 Å². The second kappa shape index (κ2) is 15.4. The minimum absolute atomic E-state index is 0.873. The summed E-state index contributed by atoms with van der Waals surface area (Å²) in [5.74, 6) is 0. The van der Waals surface area contributed by atoms with Gasteiger partial charge in [0.25, 0.3) is 0 Å². The summed E-state index contributed by atoms with van der Waals surface area (Å²) in [6.45, 7) is 2.26. The van der Waals surface area contributed by atoms with Gasteiger partial charge in [-0.3, -0.25) is 0 Å². The summed E-state index contributed by atoms with van der Waals surface area (Å²) in [5, 5.41) is 0. The zero-order valence-electron chi connectivity index (χ0n) is 30.7. The van der Waals surface area contributed by atoms with Gasteiger partial charge in [-0.15, -0.1) is 0 Å². The molecule has 0 amide bonds. The predicted molar refractivity (Wildman–Crippen MR) is 235 cm³/mol. The van der Waals surface area contributed by atoms with Crippen LogP contribution in [-0.4, -0.2) is 0 Å². The molecule has 0 spiro atoms. The molecule has 1 heterocycles. The number of hydrogen-bond donors (Lipinski definition) is 0. The van der Waals surface area contributed by atoms with Crippen molar-refractivity contribution < 1.29 is 0 Å². The quantitative estimate of drug-likeness (QED) is 0.146. The first-order valence-electron chi connectivity index (χ1n) is 18.8. The van der Waals surface area contributed by atoms with Crippen molar-refractivity contribution >= 4 is 45.1 Å². The Balaban J connectivity index is 1.16. The SMILES string of the molecule is CC1=C(c2ccccc2Cc2ccccc2)Sc2cc(N(c3ccc(-c4ccccc4)cc3)c3ccc(-c4ccccc4)cc3)ccc2N1c1ccccc1. The third-order valence-electron chi connectivity index (χ3n) is 10.3. The van der Waals surface area contributed by atoms with E-state index in [0.717, 1.165) is 29.2 Å². The molecular formula is C52H40N2S. The second-order valence-corrected chi connectivity index (χ2v) is 14.9. The Morgan fingerprint density at radius 1 is 0.455 bits per heavy atom. The van der Waals surface area contributed by atoms with Gasteiger partial charge in [0.15, 0.2) is 0 Å². The molecule has 0 radical (unpaired) electrons. The first-order valence-corrected chi connectivity index (χ1v) is 19.6. The van der Waals surface area contributed by atoms with Gasteiger partial charge in [0, 0.05) is 38.2 Å². The molecule has 0 unspecified atom stereocenters. The summed E-state index contributed by atoms with van der Waals surface area (Å²) < 4.78 is 0. The molecule has 0 saturated carbocycles. The molecule has 0 aliphatic carbocycles. The number of benzene rings is 8. The van der Waals surface area contributed by atoms with Crippen LogP contribution in [0, 0.1) is 0 Å². The number of rotatable bonds is 9. The summed E-state index contributed by atoms with van der Waals surface area (Å²) in [7, 11) is 0. The summed E-state index contributed by atoms with van der Waals surface area (Å²) in [4.78, 5) is 7.29. The van der Waals surface area contributed by atoms with E-state index in [0.29, 0.717) is 0 Å². The monoisotopic (exact) mass is 724 g/mol. The Bertz CT molecular complexity index is 2480. The lowest BCUT2D eigenvalue weighted by Crippen LogP contribution is -2.20. The average Bonchev–Trinajstić information content (AvgIpc) is 3.26. The summed E-state index contributed by atoms with van der Waals surface area (Å²) in [5.41, 5.74) is 15.6. The molecule has 0 atom stereocenters. The molecule has 8 aromatic rings. The zero-order valence-corrected chi connectivity index (χ0v) is 31.5. The molecule has 2 nitrogen and oxygen atoms in total. The van der Waals surface area contributed by atoms with Crippen LogP contribution in [0.15, 0.2) is 223 Å². The number of fused-ring (bicyclic) bond motifs is 1. The Kier molecular flexibility index (Phi) is 9.61. The van der Waals surface area contributed by atoms with E-state index in [1.165, 1.54) is 60.1 Å². The minimum atomic E-state index is 0.873. The van der Waals surface area contributed by atoms with E-state index in [1.807, 2.05) is 11.8 Å². The van der Waals surface area contributed by atoms with Gasteiger partial charge in [-0.1, -0.05) is 169 Å². The maximum absolute atomic E-state index is 2.43. The van der Waals surface area contributed by atoms with Crippen LogP contribution in [0.5, 0.6) is 0 Å². The van der Waals surface area contributed by atoms with E-state index < -0.39 is 0 Å². The van der Waals surface area contributed by atoms with Crippen LogP contribution in [0.2, 0.25) is 0 Å². The van der Waals surface area contributed by atoms with Crippen molar-refractivity contribution in [3.8, 4) is 22.3 Å². The molecule has 9 rings (SSSR count). The summed E-state index contributed by atoms with van der Waals surface area (Å²) in [6, 6.07) is 76.4. The van der Waals surface area contributed by atoms with Crippen LogP contribution in [0.4, 0.5) is 28.4 Å². The molecule has 264 valence electrons. The Labute approximate surface area is 328 Å². The lowest BCUT2D eigenvalue weighted by molar-refractivity contribution is 1.11. The smallest absolute Gasteiger partial charge is 0.0599 e. The van der Waals surface area contributed by atoms with E-state index in [9.17, 15) is 0 Å². The predicted octanol–water partition coefficient (Wildman–Crippen LogP) is 14.7. The van der Waals surface area contributed by atoms with Crippen molar-refractivity contribution in [1.82, 2.24) is 0 Å². The Morgan fingerprint density at radius 3 is 1.51 bits per heavy atom. The minimum Gasteiger partial charge on any atom is -0.312 e. The summed E-state index contributed by atoms with van der Waals surface area (Å²) in [6.07, 6.45) is 0.873. The highest BCUT2D eigenvalue weighted by Crippen LogP contribution is 2.52. The van der Waals surface area contributed by atoms with E-state index >= 15 is 0 Å². The largest absolute Gasteiger partial charge is 0.312 e. The van der Waals surface area contributed by atoms with Gasteiger partial charge in [0.1, 0.15) is 0 Å². The van der Waals surface area contributed by atoms with Gasteiger partial charge in [-0.05, 0) is 107 Å². The molecule has 1 aliphatic heterocycles. The van der Waals surface area contributed by atoms with E-state index in [2.05, 4.69) is 229 Å². The van der Waals surface area contributed by atoms with Crippen LogP contribution in [0.1, 0.15) is 23.6 Å². The standard InChI is InChI=1S/C52H40N2S/c1-38-52(49-25-15-14-22-44(49)36-39-16-6-2-7-17-39)55-51-37-48(34-35-50(51)53(38)45-23-12-5-13-24-45)54(46-30-26-42(27-31-46)40-18-8-3-9-19-40)47-32-28-43(29-33-47)41-20-10-4-11-21-41/h2-35,37H,36H2,1H3. The third kappa shape index (κ3) is 7.11. The second-order valence-electron chi connectivity index (χ2n) is 13.8. The fraction of sp³-hybridized carbons (Fsp3) is 0.0385. The van der Waals surface area contributed by atoms with Crippen LogP contribution < -0.4 is 9.80 Å². The first-order chi connectivity index (χ1) is 27.2. The van der Waals surface area contributed by atoms with E-state index in [4.69, 9.17) is 0 Å². The lowest BCUT2D eigenvalue weighted by Gasteiger charge is -2.35. The van der Waals surface area contributed by atoms with Crippen molar-refractivity contribution in [2.45, 2.75) is 18.2 Å². The lowest BCUT2D eigenvalue weighted by atomic mass is 9.98. The molecule has 0 N–H and O–H groups in total. The maximum Gasteiger partial charge on any atom is 0.0599 e. The van der Waals surface area contributed by atoms with Crippen LogP contribution in [0.25, 0.3) is 27.2 Å². The molecule has 0 fully saturated rings. The highest BCUT2D eigenvalue weighted by Gasteiger charge is 2.28. The summed E-state index contributed by atoms with van der Waals surface area (Å²) >= 11 is 1.87. The normalized spacial score (nSPS) is 12.3. The van der Waals surface area contributed by atoms with Crippen LogP contribution in [-0.2, 0) is 6.42 Å². The van der Waals surface area contributed by atoms with Gasteiger partial charge in [0.2, 0.25) is 0 Å². The maximum atomic E-state index is 2.43. The number of para-hydroxylation sites is 1. The van der Waals surface area contributed by atoms with Gasteiger partial charge < -0.3 is 9.80 Å². The molecule has 3 heteroatoms. The van der Waals surface area contributed by atoms with Crippen molar-refractivity contribution in [2.24, 2.45) is 0 Å². The van der Waals surface area contributed by atoms with Gasteiger partial charge in [0.05, 0.1) is 5.69 Å². The topological polar surface area (TPSA) is 6.48 Å². The molecule has 0 bridgehead atoms. The molecule has 0 saturated heterocycles. The van der Waals surface area contributed by atoms with Crippen molar-refractivity contribution in [3.63, 3.8) is 0 Å². The van der Waals surface area contributed by atoms with Gasteiger partial charge in [-0.25, -0.2) is 0 Å². The number of nitrogens with zero attached hydrogens (tertiary/aromatic N) is 2. The molecular weight excluding hydrogens is 685 g/mol. The number of anilines is 5. The molecule has 55 heavy (non-hydrogen) atoms. The van der Waals surface area contributed by atoms with Gasteiger partial charge in [-0.2, -0.15) is 0 Å². The number of hydrogen-bond acceptors (Lipinski definition) is 3. The zero-order chi connectivity index (χ0) is 37.0. The third-order valence-corrected chi connectivity index (χ3v) is 11.6.